The van der Waals surface area contributed by atoms with Crippen molar-refractivity contribution in [3.05, 3.63) is 96.1 Å². The normalized spacial score (nSPS) is 20.8. The topological polar surface area (TPSA) is 98.1 Å². The number of rotatable bonds is 6. The summed E-state index contributed by atoms with van der Waals surface area (Å²) in [5.41, 5.74) is 2.11. The summed E-state index contributed by atoms with van der Waals surface area (Å²) in [5, 5.41) is 12.1. The highest BCUT2D eigenvalue weighted by Gasteiger charge is 2.42. The Balaban J connectivity index is 1.69. The lowest BCUT2D eigenvalue weighted by Gasteiger charge is -2.40. The Morgan fingerprint density at radius 2 is 1.74 bits per heavy atom. The smallest absolute Gasteiger partial charge is 0.259 e. The second-order valence-electron chi connectivity index (χ2n) is 6.56. The van der Waals surface area contributed by atoms with Gasteiger partial charge >= 0.3 is 0 Å². The Hall–Kier alpha value is -3.40. The number of aromatic nitrogens is 2. The van der Waals surface area contributed by atoms with Gasteiger partial charge in [-0.05, 0) is 36.8 Å². The first-order valence-corrected chi connectivity index (χ1v) is 11.0. The van der Waals surface area contributed by atoms with Crippen LogP contribution in [0.5, 0.6) is 0 Å². The van der Waals surface area contributed by atoms with Crippen molar-refractivity contribution < 1.29 is 13.2 Å². The molecule has 0 saturated carbocycles. The summed E-state index contributed by atoms with van der Waals surface area (Å²) in [6.07, 6.45) is 6.05. The van der Waals surface area contributed by atoms with Crippen molar-refractivity contribution >= 4 is 26.7 Å². The molecular weight excluding hydrogens is 414 g/mol. The molecule has 3 heterocycles. The first kappa shape index (κ1) is 20.9. The van der Waals surface area contributed by atoms with Crippen LogP contribution in [0, 0.1) is 0 Å². The second kappa shape index (κ2) is 9.17. The fourth-order valence-corrected chi connectivity index (χ4v) is 5.27. The predicted molar refractivity (Wildman–Crippen MR) is 120 cm³/mol. The van der Waals surface area contributed by atoms with Crippen LogP contribution in [0.15, 0.2) is 89.6 Å². The van der Waals surface area contributed by atoms with Gasteiger partial charge in [-0.2, -0.15) is 0 Å². The van der Waals surface area contributed by atoms with Crippen LogP contribution in [0.2, 0.25) is 0 Å². The molecule has 0 aliphatic carbocycles. The molecule has 0 saturated heterocycles. The average Bonchev–Trinajstić information content (AvgIpc) is 3.18. The summed E-state index contributed by atoms with van der Waals surface area (Å²) in [7, 11) is -1.14. The van der Waals surface area contributed by atoms with Gasteiger partial charge in [0.15, 0.2) is 5.04 Å². The molecule has 2 atom stereocenters. The van der Waals surface area contributed by atoms with E-state index < -0.39 is 10.6 Å². The van der Waals surface area contributed by atoms with E-state index >= 15 is 0 Å². The molecule has 3 aromatic rings. The lowest BCUT2D eigenvalue weighted by atomic mass is 10.1. The Bertz CT molecular complexity index is 1110. The minimum absolute atomic E-state index is 0.221. The van der Waals surface area contributed by atoms with Gasteiger partial charge in [-0.1, -0.05) is 40.9 Å². The summed E-state index contributed by atoms with van der Waals surface area (Å²) in [6.45, 7) is 1.92. The van der Waals surface area contributed by atoms with E-state index in [4.69, 9.17) is 8.37 Å². The zero-order chi connectivity index (χ0) is 21.7. The fourth-order valence-electron chi connectivity index (χ4n) is 3.03. The third-order valence-electron chi connectivity index (χ3n) is 4.60. The van der Waals surface area contributed by atoms with Gasteiger partial charge in [0.05, 0.1) is 12.7 Å². The first-order chi connectivity index (χ1) is 15.1. The summed E-state index contributed by atoms with van der Waals surface area (Å²) >= 11 is 0. The maximum atomic E-state index is 12.8. The molecule has 0 fully saturated rings. The molecule has 31 heavy (non-hydrogen) atoms. The monoisotopic (exact) mass is 435 g/mol. The Kier molecular flexibility index (Phi) is 6.17. The molecule has 1 aliphatic heterocycles. The Labute approximate surface area is 181 Å². The van der Waals surface area contributed by atoms with Gasteiger partial charge in [-0.15, -0.1) is 10.2 Å². The zero-order valence-electron chi connectivity index (χ0n) is 17.0. The summed E-state index contributed by atoms with van der Waals surface area (Å²) in [4.78, 5) is 20.9. The van der Waals surface area contributed by atoms with E-state index in [2.05, 4.69) is 25.5 Å². The van der Waals surface area contributed by atoms with Gasteiger partial charge in [-0.3, -0.25) is 28.4 Å². The van der Waals surface area contributed by atoms with Crippen molar-refractivity contribution in [1.29, 1.82) is 0 Å². The van der Waals surface area contributed by atoms with E-state index in [0.29, 0.717) is 10.6 Å². The summed E-state index contributed by atoms with van der Waals surface area (Å²) in [6, 6.07) is 16.7. The van der Waals surface area contributed by atoms with Gasteiger partial charge in [0.2, 0.25) is 5.17 Å². The lowest BCUT2D eigenvalue weighted by molar-refractivity contribution is 0.0976. The van der Waals surface area contributed by atoms with E-state index in [-0.39, 0.29) is 17.2 Å². The maximum absolute atomic E-state index is 12.8. The molecule has 0 bridgehead atoms. The number of benzene rings is 1. The number of carbonyl (C=O) groups is 1. The van der Waals surface area contributed by atoms with E-state index in [1.165, 1.54) is 13.3 Å². The van der Waals surface area contributed by atoms with E-state index in [9.17, 15) is 4.79 Å². The van der Waals surface area contributed by atoms with Crippen LogP contribution in [0.1, 0.15) is 34.5 Å². The molecule has 4 rings (SSSR count). The molecule has 2 aromatic heterocycles. The van der Waals surface area contributed by atoms with Gasteiger partial charge in [0.25, 0.3) is 5.91 Å². The SMILES string of the molecule is COS1(OC(C)c2ccccc2)C(NC(=O)c2cccnc2)=NN=C1c1ccncc1. The van der Waals surface area contributed by atoms with Gasteiger partial charge in [0.1, 0.15) is 6.10 Å². The maximum Gasteiger partial charge on any atom is 0.259 e. The Morgan fingerprint density at radius 1 is 0.968 bits per heavy atom. The van der Waals surface area contributed by atoms with E-state index in [1.54, 1.807) is 42.9 Å². The molecule has 1 aromatic carbocycles. The molecule has 2 unspecified atom stereocenters. The number of hydrogen-bond acceptors (Lipinski definition) is 7. The van der Waals surface area contributed by atoms with E-state index in [1.807, 2.05) is 37.3 Å². The summed E-state index contributed by atoms with van der Waals surface area (Å²) < 4.78 is 12.5. The van der Waals surface area contributed by atoms with Gasteiger partial charge in [-0.25, -0.2) is 0 Å². The first-order valence-electron chi connectivity index (χ1n) is 9.53. The highest BCUT2D eigenvalue weighted by atomic mass is 32.3. The molecule has 1 N–H and O–H groups in total. The number of pyridine rings is 2. The van der Waals surface area contributed by atoms with Crippen LogP contribution < -0.4 is 5.32 Å². The molecule has 0 spiro atoms. The summed E-state index contributed by atoms with van der Waals surface area (Å²) in [5.74, 6) is -0.372. The predicted octanol–water partition coefficient (Wildman–Crippen LogP) is 4.00. The van der Waals surface area contributed by atoms with Crippen LogP contribution >= 0.6 is 10.6 Å². The third kappa shape index (κ3) is 4.24. The number of amidine groups is 1. The number of nitrogens with one attached hydrogen (secondary N) is 1. The highest BCUT2D eigenvalue weighted by molar-refractivity contribution is 8.49. The molecule has 1 aliphatic rings. The van der Waals surface area contributed by atoms with Crippen LogP contribution in [0.25, 0.3) is 0 Å². The Morgan fingerprint density at radius 3 is 2.42 bits per heavy atom. The average molecular weight is 436 g/mol. The molecule has 158 valence electrons. The van der Waals surface area contributed by atoms with Crippen molar-refractivity contribution in [2.24, 2.45) is 10.2 Å². The number of nitrogens with zero attached hydrogens (tertiary/aromatic N) is 4. The van der Waals surface area contributed by atoms with E-state index in [0.717, 1.165) is 11.1 Å². The minimum atomic E-state index is -2.66. The van der Waals surface area contributed by atoms with Crippen molar-refractivity contribution in [3.63, 3.8) is 0 Å². The largest absolute Gasteiger partial charge is 0.291 e. The van der Waals surface area contributed by atoms with Crippen LogP contribution in [0.3, 0.4) is 0 Å². The molecule has 8 nitrogen and oxygen atoms in total. The quantitative estimate of drug-likeness (QED) is 0.631. The standard InChI is InChI=1S/C22H21N5O3S/c1-16(17-7-4-3-5-8-17)30-31(29-2)21(18-10-13-23-14-11-18)26-27-22(31)25-20(28)19-9-6-12-24-15-19/h3-16H,1-2H3,(H,25,27,28). The molecule has 1 amide bonds. The van der Waals surface area contributed by atoms with Crippen molar-refractivity contribution in [1.82, 2.24) is 15.3 Å². The second-order valence-corrected chi connectivity index (χ2v) is 8.87. The number of hydrogen-bond donors (Lipinski definition) is 1. The van der Waals surface area contributed by atoms with Crippen LogP contribution in [-0.4, -0.2) is 33.2 Å². The fraction of sp³-hybridized carbons (Fsp3) is 0.136. The third-order valence-corrected chi connectivity index (χ3v) is 7.14. The minimum Gasteiger partial charge on any atom is -0.291 e. The number of amides is 1. The zero-order valence-corrected chi connectivity index (χ0v) is 17.8. The van der Waals surface area contributed by atoms with Crippen LogP contribution in [0.4, 0.5) is 0 Å². The number of carbonyl (C=O) groups excluding carboxylic acids is 1. The van der Waals surface area contributed by atoms with Gasteiger partial charge in [0, 0.05) is 30.4 Å². The highest BCUT2D eigenvalue weighted by Crippen LogP contribution is 2.59. The van der Waals surface area contributed by atoms with Crippen molar-refractivity contribution in [3.8, 4) is 0 Å². The van der Waals surface area contributed by atoms with Gasteiger partial charge < -0.3 is 0 Å². The van der Waals surface area contributed by atoms with Crippen molar-refractivity contribution in [2.75, 3.05) is 7.11 Å². The molecule has 9 heteroatoms. The lowest BCUT2D eigenvalue weighted by Crippen LogP contribution is -2.37. The molecular formula is C22H21N5O3S. The molecule has 0 radical (unpaired) electrons. The van der Waals surface area contributed by atoms with Crippen LogP contribution in [-0.2, 0) is 8.37 Å². The van der Waals surface area contributed by atoms with Crippen molar-refractivity contribution in [2.45, 2.75) is 13.0 Å².